The summed E-state index contributed by atoms with van der Waals surface area (Å²) in [7, 11) is 1.87. The van der Waals surface area contributed by atoms with Gasteiger partial charge in [-0.3, -0.25) is 15.6 Å². The van der Waals surface area contributed by atoms with Crippen LogP contribution < -0.4 is 21.7 Å². The van der Waals surface area contributed by atoms with E-state index < -0.39 is 0 Å². The molecule has 2 heterocycles. The number of nitrogens with zero attached hydrogens (tertiary/aromatic N) is 1. The maximum Gasteiger partial charge on any atom is 0.240 e. The molecule has 0 radical (unpaired) electrons. The Balaban J connectivity index is 1.51. The van der Waals surface area contributed by atoms with E-state index in [1.807, 2.05) is 24.1 Å². The van der Waals surface area contributed by atoms with E-state index >= 15 is 0 Å². The maximum atomic E-state index is 12.8. The Morgan fingerprint density at radius 2 is 1.81 bits per heavy atom. The highest BCUT2D eigenvalue weighted by Crippen LogP contribution is 2.26. The minimum absolute atomic E-state index is 0.0643. The van der Waals surface area contributed by atoms with E-state index in [1.54, 1.807) is 12.1 Å². The lowest BCUT2D eigenvalue weighted by molar-refractivity contribution is -0.132. The molecule has 0 spiro atoms. The van der Waals surface area contributed by atoms with Gasteiger partial charge in [-0.05, 0) is 36.0 Å². The molecule has 2 fully saturated rings. The molecule has 1 amide bonds. The van der Waals surface area contributed by atoms with Crippen LogP contribution in [0.3, 0.4) is 0 Å². The number of phenols is 1. The maximum absolute atomic E-state index is 12.8. The van der Waals surface area contributed by atoms with Crippen LogP contribution in [0.25, 0.3) is 0 Å². The number of aromatic hydroxyl groups is 1. The first-order valence-corrected chi connectivity index (χ1v) is 9.30. The van der Waals surface area contributed by atoms with Crippen molar-refractivity contribution in [3.8, 4) is 5.75 Å². The van der Waals surface area contributed by atoms with Crippen LogP contribution in [0.15, 0.2) is 24.3 Å². The molecule has 2 aliphatic rings. The van der Waals surface area contributed by atoms with Crippen LogP contribution in [0.5, 0.6) is 5.75 Å². The highest BCUT2D eigenvalue weighted by atomic mass is 16.3. The highest BCUT2D eigenvalue weighted by molar-refractivity contribution is 5.82. The number of hydrogen-bond donors (Lipinski definition) is 5. The zero-order valence-electron chi connectivity index (χ0n) is 16.0. The van der Waals surface area contributed by atoms with Gasteiger partial charge < -0.3 is 10.0 Å². The van der Waals surface area contributed by atoms with E-state index in [2.05, 4.69) is 42.5 Å². The van der Waals surface area contributed by atoms with Gasteiger partial charge in [0.05, 0.1) is 0 Å². The van der Waals surface area contributed by atoms with Gasteiger partial charge in [-0.2, -0.15) is 0 Å². The van der Waals surface area contributed by atoms with Gasteiger partial charge in [0.1, 0.15) is 11.8 Å². The van der Waals surface area contributed by atoms with Crippen LogP contribution in [0.4, 0.5) is 0 Å². The number of carbonyl (C=O) groups excluding carboxylic acids is 1. The molecule has 144 valence electrons. The molecule has 0 aromatic heterocycles. The summed E-state index contributed by atoms with van der Waals surface area (Å²) in [4.78, 5) is 14.6. The lowest BCUT2D eigenvalue weighted by Crippen LogP contribution is -2.48. The Morgan fingerprint density at radius 3 is 2.42 bits per heavy atom. The van der Waals surface area contributed by atoms with Crippen LogP contribution in [0.2, 0.25) is 0 Å². The molecule has 1 aromatic carbocycles. The molecule has 4 atom stereocenters. The third kappa shape index (κ3) is 4.35. The van der Waals surface area contributed by atoms with Crippen molar-refractivity contribution < 1.29 is 9.90 Å². The molecule has 0 bridgehead atoms. The van der Waals surface area contributed by atoms with Gasteiger partial charge in [0.15, 0.2) is 0 Å². The van der Waals surface area contributed by atoms with E-state index in [1.165, 1.54) is 0 Å². The van der Waals surface area contributed by atoms with Crippen molar-refractivity contribution in [1.29, 1.82) is 0 Å². The number of hydrazine groups is 2. The van der Waals surface area contributed by atoms with Crippen molar-refractivity contribution in [2.45, 2.75) is 57.8 Å². The summed E-state index contributed by atoms with van der Waals surface area (Å²) in [6.07, 6.45) is 1.70. The summed E-state index contributed by atoms with van der Waals surface area (Å²) >= 11 is 0. The molecule has 5 N–H and O–H groups in total. The van der Waals surface area contributed by atoms with Crippen molar-refractivity contribution in [3.05, 3.63) is 29.8 Å². The lowest BCUT2D eigenvalue weighted by Gasteiger charge is -2.26. The average molecular weight is 361 g/mol. The third-order valence-electron chi connectivity index (χ3n) is 5.39. The standard InChI is InChI=1S/C19H31N5O2/c1-19(2,3)17-9-13(20-23-17)11-24(4)18(26)16-10-15(21-22-16)12-5-7-14(25)8-6-12/h5-8,13,15-17,20-23,25H,9-11H2,1-4H3. The number of hydrogen-bond acceptors (Lipinski definition) is 6. The summed E-state index contributed by atoms with van der Waals surface area (Å²) in [5.74, 6) is 0.345. The quantitative estimate of drug-likeness (QED) is 0.551. The molecule has 2 saturated heterocycles. The van der Waals surface area contributed by atoms with Crippen molar-refractivity contribution in [2.75, 3.05) is 13.6 Å². The summed E-state index contributed by atoms with van der Waals surface area (Å²) < 4.78 is 0. The predicted molar refractivity (Wildman–Crippen MR) is 101 cm³/mol. The molecule has 0 saturated carbocycles. The minimum Gasteiger partial charge on any atom is -0.508 e. The van der Waals surface area contributed by atoms with E-state index in [0.717, 1.165) is 12.0 Å². The fourth-order valence-corrected chi connectivity index (χ4v) is 3.64. The van der Waals surface area contributed by atoms with Crippen molar-refractivity contribution in [1.82, 2.24) is 26.6 Å². The number of phenolic OH excluding ortho intramolecular Hbond substituents is 1. The van der Waals surface area contributed by atoms with E-state index in [4.69, 9.17) is 0 Å². The molecule has 1 aromatic rings. The Kier molecular flexibility index (Phi) is 5.53. The number of carbonyl (C=O) groups is 1. The molecule has 7 nitrogen and oxygen atoms in total. The second kappa shape index (κ2) is 7.52. The van der Waals surface area contributed by atoms with Gasteiger partial charge >= 0.3 is 0 Å². The topological polar surface area (TPSA) is 88.7 Å². The van der Waals surface area contributed by atoms with Crippen molar-refractivity contribution >= 4 is 5.91 Å². The van der Waals surface area contributed by atoms with Gasteiger partial charge in [-0.25, -0.2) is 10.9 Å². The van der Waals surface area contributed by atoms with Crippen LogP contribution in [-0.4, -0.2) is 47.6 Å². The van der Waals surface area contributed by atoms with Crippen molar-refractivity contribution in [3.63, 3.8) is 0 Å². The predicted octanol–water partition coefficient (Wildman–Crippen LogP) is 1.04. The molecular formula is C19H31N5O2. The zero-order chi connectivity index (χ0) is 18.9. The fraction of sp³-hybridized carbons (Fsp3) is 0.632. The highest BCUT2D eigenvalue weighted by Gasteiger charge is 2.36. The number of likely N-dealkylation sites (N-methyl/N-ethyl adjacent to an activating group) is 1. The first-order valence-electron chi connectivity index (χ1n) is 9.30. The minimum atomic E-state index is -0.244. The van der Waals surface area contributed by atoms with Gasteiger partial charge in [0, 0.05) is 31.7 Å². The Bertz CT molecular complexity index is 628. The third-order valence-corrected chi connectivity index (χ3v) is 5.39. The first-order chi connectivity index (χ1) is 12.2. The smallest absolute Gasteiger partial charge is 0.240 e. The van der Waals surface area contributed by atoms with Gasteiger partial charge in [0.2, 0.25) is 5.91 Å². The summed E-state index contributed by atoms with van der Waals surface area (Å²) in [6.45, 7) is 7.35. The SMILES string of the molecule is CN(CC1CC(C(C)(C)C)NN1)C(=O)C1CC(c2ccc(O)cc2)NN1. The summed E-state index contributed by atoms with van der Waals surface area (Å²) in [6, 6.07) is 7.58. The molecule has 26 heavy (non-hydrogen) atoms. The molecule has 4 unspecified atom stereocenters. The van der Waals surface area contributed by atoms with Gasteiger partial charge in [-0.15, -0.1) is 0 Å². The Hall–Kier alpha value is -1.67. The molecular weight excluding hydrogens is 330 g/mol. The summed E-state index contributed by atoms with van der Waals surface area (Å²) in [5, 5.41) is 9.41. The van der Waals surface area contributed by atoms with Gasteiger partial charge in [-0.1, -0.05) is 32.9 Å². The number of nitrogens with one attached hydrogen (secondary N) is 4. The van der Waals surface area contributed by atoms with Crippen LogP contribution in [0.1, 0.15) is 45.2 Å². The Morgan fingerprint density at radius 1 is 1.12 bits per heavy atom. The molecule has 2 aliphatic heterocycles. The molecule has 3 rings (SSSR count). The number of amides is 1. The van der Waals surface area contributed by atoms with Crippen LogP contribution in [0, 0.1) is 5.41 Å². The largest absolute Gasteiger partial charge is 0.508 e. The van der Waals surface area contributed by atoms with E-state index in [0.29, 0.717) is 19.0 Å². The van der Waals surface area contributed by atoms with Crippen molar-refractivity contribution in [2.24, 2.45) is 5.41 Å². The number of benzene rings is 1. The molecule has 0 aliphatic carbocycles. The van der Waals surface area contributed by atoms with Gasteiger partial charge in [0.25, 0.3) is 0 Å². The second-order valence-corrected chi connectivity index (χ2v) is 8.58. The van der Waals surface area contributed by atoms with Crippen LogP contribution >= 0.6 is 0 Å². The average Bonchev–Trinajstić information content (AvgIpc) is 3.24. The Labute approximate surface area is 155 Å². The monoisotopic (exact) mass is 361 g/mol. The lowest BCUT2D eigenvalue weighted by atomic mass is 9.84. The number of rotatable bonds is 4. The van der Waals surface area contributed by atoms with E-state index in [9.17, 15) is 9.90 Å². The second-order valence-electron chi connectivity index (χ2n) is 8.58. The summed E-state index contributed by atoms with van der Waals surface area (Å²) in [5.41, 5.74) is 14.2. The first kappa shape index (κ1) is 19.1. The van der Waals surface area contributed by atoms with E-state index in [-0.39, 0.29) is 35.2 Å². The zero-order valence-corrected chi connectivity index (χ0v) is 16.0. The fourth-order valence-electron chi connectivity index (χ4n) is 3.64. The normalized spacial score (nSPS) is 29.1. The van der Waals surface area contributed by atoms with Crippen LogP contribution in [-0.2, 0) is 4.79 Å². The molecule has 7 heteroatoms.